The Morgan fingerprint density at radius 3 is 2.29 bits per heavy atom. The molecular formula is C12H19NO. The third kappa shape index (κ3) is 2.07. The van der Waals surface area contributed by atoms with Crippen LogP contribution in [0.25, 0.3) is 0 Å². The summed E-state index contributed by atoms with van der Waals surface area (Å²) in [5.41, 5.74) is 8.62. The lowest BCUT2D eigenvalue weighted by molar-refractivity contribution is 0.462. The van der Waals surface area contributed by atoms with E-state index in [1.165, 1.54) is 5.56 Å². The van der Waals surface area contributed by atoms with Gasteiger partial charge in [0, 0.05) is 12.1 Å². The van der Waals surface area contributed by atoms with Gasteiger partial charge >= 0.3 is 0 Å². The standard InChI is InChI=1S/C12H19NO/c1-8-5-10(12(2,3)4)6-9(7-13)11(8)14/h5-6,14H,7,13H2,1-4H3. The van der Waals surface area contributed by atoms with Crippen molar-refractivity contribution < 1.29 is 5.11 Å². The Labute approximate surface area is 85.8 Å². The molecule has 1 aromatic carbocycles. The third-order valence-corrected chi connectivity index (χ3v) is 2.47. The molecule has 14 heavy (non-hydrogen) atoms. The third-order valence-electron chi connectivity index (χ3n) is 2.47. The van der Waals surface area contributed by atoms with Crippen LogP contribution in [-0.2, 0) is 12.0 Å². The molecule has 0 saturated heterocycles. The van der Waals surface area contributed by atoms with Crippen LogP contribution >= 0.6 is 0 Å². The van der Waals surface area contributed by atoms with Gasteiger partial charge < -0.3 is 10.8 Å². The predicted molar refractivity (Wildman–Crippen MR) is 59.4 cm³/mol. The number of rotatable bonds is 1. The summed E-state index contributed by atoms with van der Waals surface area (Å²) in [6, 6.07) is 4.01. The molecule has 0 heterocycles. The molecule has 0 radical (unpaired) electrons. The maximum Gasteiger partial charge on any atom is 0.122 e. The van der Waals surface area contributed by atoms with Crippen molar-refractivity contribution in [2.75, 3.05) is 0 Å². The Balaban J connectivity index is 3.30. The molecule has 0 saturated carbocycles. The zero-order chi connectivity index (χ0) is 10.9. The molecule has 78 valence electrons. The largest absolute Gasteiger partial charge is 0.507 e. The van der Waals surface area contributed by atoms with Crippen LogP contribution in [0.4, 0.5) is 0 Å². The van der Waals surface area contributed by atoms with Gasteiger partial charge in [-0.25, -0.2) is 0 Å². The van der Waals surface area contributed by atoms with Crippen LogP contribution in [-0.4, -0.2) is 5.11 Å². The van der Waals surface area contributed by atoms with Gasteiger partial charge in [-0.05, 0) is 23.5 Å². The van der Waals surface area contributed by atoms with Crippen LogP contribution < -0.4 is 5.73 Å². The van der Waals surface area contributed by atoms with E-state index in [9.17, 15) is 5.11 Å². The van der Waals surface area contributed by atoms with Crippen LogP contribution in [0.15, 0.2) is 12.1 Å². The van der Waals surface area contributed by atoms with Gasteiger partial charge in [-0.3, -0.25) is 0 Å². The molecule has 1 aromatic rings. The van der Waals surface area contributed by atoms with E-state index in [2.05, 4.69) is 20.8 Å². The molecule has 0 atom stereocenters. The van der Waals surface area contributed by atoms with Crippen molar-refractivity contribution in [1.29, 1.82) is 0 Å². The molecule has 0 bridgehead atoms. The summed E-state index contributed by atoms with van der Waals surface area (Å²) in [6.45, 7) is 8.75. The van der Waals surface area contributed by atoms with Crippen LogP contribution in [0, 0.1) is 6.92 Å². The van der Waals surface area contributed by atoms with Gasteiger partial charge in [0.05, 0.1) is 0 Å². The maximum absolute atomic E-state index is 9.71. The molecule has 0 aliphatic carbocycles. The number of phenols is 1. The summed E-state index contributed by atoms with van der Waals surface area (Å²) in [4.78, 5) is 0. The first-order valence-electron chi connectivity index (χ1n) is 4.89. The van der Waals surface area contributed by atoms with Gasteiger partial charge in [0.15, 0.2) is 0 Å². The predicted octanol–water partition coefficient (Wildman–Crippen LogP) is 2.46. The quantitative estimate of drug-likeness (QED) is 0.719. The van der Waals surface area contributed by atoms with Crippen molar-refractivity contribution in [3.05, 3.63) is 28.8 Å². The van der Waals surface area contributed by atoms with E-state index in [1.54, 1.807) is 0 Å². The average molecular weight is 193 g/mol. The van der Waals surface area contributed by atoms with E-state index in [-0.39, 0.29) is 5.41 Å². The number of phenolic OH excluding ortho intramolecular Hbond substituents is 1. The van der Waals surface area contributed by atoms with Gasteiger partial charge in [-0.1, -0.05) is 32.9 Å². The molecule has 0 amide bonds. The number of aromatic hydroxyl groups is 1. The summed E-state index contributed by atoms with van der Waals surface area (Å²) in [5.74, 6) is 0.334. The minimum Gasteiger partial charge on any atom is -0.507 e. The summed E-state index contributed by atoms with van der Waals surface area (Å²) < 4.78 is 0. The van der Waals surface area contributed by atoms with Gasteiger partial charge in [0.2, 0.25) is 0 Å². The highest BCUT2D eigenvalue weighted by Crippen LogP contribution is 2.30. The fourth-order valence-electron chi connectivity index (χ4n) is 1.44. The Morgan fingerprint density at radius 1 is 1.29 bits per heavy atom. The van der Waals surface area contributed by atoms with Crippen LogP contribution in [0.3, 0.4) is 0 Å². The van der Waals surface area contributed by atoms with Crippen molar-refractivity contribution in [3.8, 4) is 5.75 Å². The molecule has 3 N–H and O–H groups in total. The molecule has 2 nitrogen and oxygen atoms in total. The lowest BCUT2D eigenvalue weighted by Gasteiger charge is -2.21. The van der Waals surface area contributed by atoms with E-state index >= 15 is 0 Å². The van der Waals surface area contributed by atoms with Gasteiger partial charge in [-0.15, -0.1) is 0 Å². The second kappa shape index (κ2) is 3.62. The number of nitrogens with two attached hydrogens (primary N) is 1. The molecule has 0 fully saturated rings. The van der Waals surface area contributed by atoms with Crippen molar-refractivity contribution in [2.45, 2.75) is 39.7 Å². The van der Waals surface area contributed by atoms with Crippen molar-refractivity contribution in [2.24, 2.45) is 5.73 Å². The molecule has 2 heteroatoms. The lowest BCUT2D eigenvalue weighted by Crippen LogP contribution is -2.12. The Morgan fingerprint density at radius 2 is 1.86 bits per heavy atom. The van der Waals surface area contributed by atoms with Gasteiger partial charge in [0.1, 0.15) is 5.75 Å². The molecule has 1 rings (SSSR count). The number of hydrogen-bond donors (Lipinski definition) is 2. The summed E-state index contributed by atoms with van der Waals surface area (Å²) in [6.07, 6.45) is 0. The minimum absolute atomic E-state index is 0.0996. The number of aryl methyl sites for hydroxylation is 1. The highest BCUT2D eigenvalue weighted by Gasteiger charge is 2.16. The van der Waals surface area contributed by atoms with Crippen molar-refractivity contribution in [3.63, 3.8) is 0 Å². The first kappa shape index (κ1) is 11.1. The highest BCUT2D eigenvalue weighted by molar-refractivity contribution is 5.44. The van der Waals surface area contributed by atoms with Crippen LogP contribution in [0.1, 0.15) is 37.5 Å². The van der Waals surface area contributed by atoms with E-state index in [0.717, 1.165) is 11.1 Å². The summed E-state index contributed by atoms with van der Waals surface area (Å²) in [5, 5.41) is 9.71. The molecule has 0 unspecified atom stereocenters. The Bertz CT molecular complexity index is 337. The zero-order valence-electron chi connectivity index (χ0n) is 9.39. The first-order valence-corrected chi connectivity index (χ1v) is 4.89. The maximum atomic E-state index is 9.71. The minimum atomic E-state index is 0.0996. The van der Waals surface area contributed by atoms with E-state index in [1.807, 2.05) is 19.1 Å². The highest BCUT2D eigenvalue weighted by atomic mass is 16.3. The topological polar surface area (TPSA) is 46.2 Å². The first-order chi connectivity index (χ1) is 6.36. The smallest absolute Gasteiger partial charge is 0.122 e. The molecule has 0 spiro atoms. The lowest BCUT2D eigenvalue weighted by atomic mass is 9.85. The summed E-state index contributed by atoms with van der Waals surface area (Å²) in [7, 11) is 0. The zero-order valence-corrected chi connectivity index (χ0v) is 9.39. The average Bonchev–Trinajstić information content (AvgIpc) is 2.07. The molecule has 0 aromatic heterocycles. The molecule has 0 aliphatic rings. The van der Waals surface area contributed by atoms with Crippen molar-refractivity contribution in [1.82, 2.24) is 0 Å². The fraction of sp³-hybridized carbons (Fsp3) is 0.500. The Hall–Kier alpha value is -1.02. The summed E-state index contributed by atoms with van der Waals surface area (Å²) >= 11 is 0. The van der Waals surface area contributed by atoms with Crippen molar-refractivity contribution >= 4 is 0 Å². The van der Waals surface area contributed by atoms with Gasteiger partial charge in [-0.2, -0.15) is 0 Å². The normalized spacial score (nSPS) is 11.8. The molecular weight excluding hydrogens is 174 g/mol. The van der Waals surface area contributed by atoms with Gasteiger partial charge in [0.25, 0.3) is 0 Å². The van der Waals surface area contributed by atoms with Crippen LogP contribution in [0.2, 0.25) is 0 Å². The van der Waals surface area contributed by atoms with E-state index in [0.29, 0.717) is 12.3 Å². The second-order valence-electron chi connectivity index (χ2n) is 4.75. The monoisotopic (exact) mass is 193 g/mol. The second-order valence-corrected chi connectivity index (χ2v) is 4.75. The van der Waals surface area contributed by atoms with E-state index in [4.69, 9.17) is 5.73 Å². The van der Waals surface area contributed by atoms with Crippen LogP contribution in [0.5, 0.6) is 5.75 Å². The Kier molecular flexibility index (Phi) is 2.86. The number of benzene rings is 1. The SMILES string of the molecule is Cc1cc(C(C)(C)C)cc(CN)c1O. The van der Waals surface area contributed by atoms with E-state index < -0.39 is 0 Å². The molecule has 0 aliphatic heterocycles. The number of hydrogen-bond acceptors (Lipinski definition) is 2. The fourth-order valence-corrected chi connectivity index (χ4v) is 1.44.